The van der Waals surface area contributed by atoms with Crippen molar-refractivity contribution in [2.45, 2.75) is 277 Å². The van der Waals surface area contributed by atoms with Crippen molar-refractivity contribution in [3.63, 3.8) is 0 Å². The van der Waals surface area contributed by atoms with Crippen molar-refractivity contribution in [2.24, 2.45) is 0 Å². The summed E-state index contributed by atoms with van der Waals surface area (Å²) in [5.41, 5.74) is 0. The Morgan fingerprint density at radius 2 is 0.955 bits per heavy atom. The molecule has 0 aromatic rings. The molecule has 0 aliphatic carbocycles. The van der Waals surface area contributed by atoms with E-state index in [1.54, 1.807) is 0 Å². The molecule has 394 valence electrons. The molecule has 0 fully saturated rings. The number of quaternary nitrogens is 1. The molecular weight excluding hydrogens is 856 g/mol. The highest BCUT2D eigenvalue weighted by Gasteiger charge is 2.27. The fraction of sp³-hybridized carbons (Fsp3) is 0.860. The number of rotatable bonds is 51. The average molecular weight is 965 g/mol. The number of ether oxygens (including phenoxy) is 1. The standard InChI is InChI=1S/C57H109N2O7P/c1-7-10-13-16-19-22-25-28-31-34-37-40-43-46-49-56(60)58-54(53-65-67(62,63)64-52-51-59(4,5)6)55(48-45-42-39-36-33-30-27-24-21-18-15-12-9-3)66-57(61)50-47-44-41-38-35-32-29-26-23-20-17-14-11-8-2/h10,13,19,22,45,48,54-55H,7-9,11-12,14-18,20-21,23-44,46-47,49-53H2,1-6H3,(H-,58,60,62,63)/b13-10+,22-19+,48-45+. The van der Waals surface area contributed by atoms with E-state index in [0.29, 0.717) is 17.4 Å². The first-order valence-corrected chi connectivity index (χ1v) is 29.8. The number of esters is 1. The van der Waals surface area contributed by atoms with Crippen LogP contribution < -0.4 is 10.2 Å². The highest BCUT2D eigenvalue weighted by Crippen LogP contribution is 2.38. The molecule has 0 rings (SSSR count). The van der Waals surface area contributed by atoms with Crippen molar-refractivity contribution in [3.05, 3.63) is 36.5 Å². The summed E-state index contributed by atoms with van der Waals surface area (Å²) in [5.74, 6) is -0.542. The van der Waals surface area contributed by atoms with Gasteiger partial charge in [-0.3, -0.25) is 14.2 Å². The van der Waals surface area contributed by atoms with Gasteiger partial charge in [-0.05, 0) is 57.4 Å². The van der Waals surface area contributed by atoms with E-state index in [9.17, 15) is 19.0 Å². The van der Waals surface area contributed by atoms with Gasteiger partial charge in [-0.2, -0.15) is 0 Å². The van der Waals surface area contributed by atoms with E-state index >= 15 is 0 Å². The number of hydrogen-bond acceptors (Lipinski definition) is 7. The number of nitrogens with one attached hydrogen (secondary N) is 1. The third-order valence-electron chi connectivity index (χ3n) is 12.6. The summed E-state index contributed by atoms with van der Waals surface area (Å²) in [6.45, 7) is 6.74. The Morgan fingerprint density at radius 1 is 0.537 bits per heavy atom. The number of hydrogen-bond donors (Lipinski definition) is 1. The van der Waals surface area contributed by atoms with Crippen LogP contribution >= 0.6 is 7.82 Å². The highest BCUT2D eigenvalue weighted by molar-refractivity contribution is 7.45. The van der Waals surface area contributed by atoms with Crippen molar-refractivity contribution >= 4 is 19.7 Å². The largest absolute Gasteiger partial charge is 0.756 e. The van der Waals surface area contributed by atoms with Crippen LogP contribution in [0.25, 0.3) is 0 Å². The molecule has 0 bridgehead atoms. The summed E-state index contributed by atoms with van der Waals surface area (Å²) in [7, 11) is 1.19. The normalized spacial score (nSPS) is 14.1. The third kappa shape index (κ3) is 49.0. The molecule has 0 heterocycles. The number of nitrogens with zero attached hydrogens (tertiary/aromatic N) is 1. The van der Waals surface area contributed by atoms with Crippen molar-refractivity contribution in [3.8, 4) is 0 Å². The van der Waals surface area contributed by atoms with Crippen LogP contribution in [0, 0.1) is 0 Å². The topological polar surface area (TPSA) is 114 Å². The minimum atomic E-state index is -4.69. The lowest BCUT2D eigenvalue weighted by Gasteiger charge is -2.30. The van der Waals surface area contributed by atoms with Crippen LogP contribution in [0.3, 0.4) is 0 Å². The van der Waals surface area contributed by atoms with Crippen LogP contribution in [0.5, 0.6) is 0 Å². The van der Waals surface area contributed by atoms with Gasteiger partial charge in [0.25, 0.3) is 7.82 Å². The minimum Gasteiger partial charge on any atom is -0.756 e. The number of phosphoric ester groups is 1. The minimum absolute atomic E-state index is 0.0221. The van der Waals surface area contributed by atoms with Gasteiger partial charge in [0, 0.05) is 12.8 Å². The summed E-state index contributed by atoms with van der Waals surface area (Å²) in [5, 5.41) is 3.02. The lowest BCUT2D eigenvalue weighted by molar-refractivity contribution is -0.870. The Labute approximate surface area is 415 Å². The van der Waals surface area contributed by atoms with Gasteiger partial charge < -0.3 is 28.5 Å². The van der Waals surface area contributed by atoms with E-state index in [0.717, 1.165) is 83.5 Å². The summed E-state index contributed by atoms with van der Waals surface area (Å²) in [6.07, 6.45) is 55.3. The maximum Gasteiger partial charge on any atom is 0.306 e. The molecule has 0 saturated heterocycles. The Kier molecular flexibility index (Phi) is 46.6. The fourth-order valence-electron chi connectivity index (χ4n) is 8.21. The fourth-order valence-corrected chi connectivity index (χ4v) is 8.93. The van der Waals surface area contributed by atoms with E-state index in [1.807, 2.05) is 33.3 Å². The molecule has 0 spiro atoms. The lowest BCUT2D eigenvalue weighted by Crippen LogP contribution is -2.47. The van der Waals surface area contributed by atoms with E-state index < -0.39 is 20.0 Å². The Morgan fingerprint density at radius 3 is 1.42 bits per heavy atom. The molecule has 0 aromatic heterocycles. The molecule has 0 saturated carbocycles. The van der Waals surface area contributed by atoms with Crippen LogP contribution in [-0.2, 0) is 27.9 Å². The van der Waals surface area contributed by atoms with Gasteiger partial charge in [-0.25, -0.2) is 0 Å². The molecule has 3 unspecified atom stereocenters. The van der Waals surface area contributed by atoms with Crippen LogP contribution in [-0.4, -0.2) is 69.4 Å². The number of allylic oxidation sites excluding steroid dienone is 5. The molecule has 0 aliphatic heterocycles. The number of carbonyl (C=O) groups excluding carboxylic acids is 2. The second kappa shape index (κ2) is 47.9. The molecule has 0 aromatic carbocycles. The second-order valence-electron chi connectivity index (χ2n) is 20.4. The van der Waals surface area contributed by atoms with E-state index in [2.05, 4.69) is 50.4 Å². The first-order chi connectivity index (χ1) is 32.4. The summed E-state index contributed by atoms with van der Waals surface area (Å²) in [6, 6.07) is -0.887. The third-order valence-corrected chi connectivity index (χ3v) is 13.5. The van der Waals surface area contributed by atoms with Gasteiger partial charge in [0.2, 0.25) is 5.91 Å². The molecule has 10 heteroatoms. The number of phosphoric acid groups is 1. The van der Waals surface area contributed by atoms with Crippen LogP contribution in [0.15, 0.2) is 36.5 Å². The molecule has 0 aliphatic rings. The second-order valence-corrected chi connectivity index (χ2v) is 21.8. The molecule has 0 radical (unpaired) electrons. The first kappa shape index (κ1) is 65.2. The quantitative estimate of drug-likeness (QED) is 0.0212. The van der Waals surface area contributed by atoms with E-state index in [-0.39, 0.29) is 31.5 Å². The molecule has 1 N–H and O–H groups in total. The molecule has 1 amide bonds. The van der Waals surface area contributed by atoms with Gasteiger partial charge in [0.05, 0.1) is 33.8 Å². The zero-order valence-corrected chi connectivity index (χ0v) is 45.8. The lowest BCUT2D eigenvalue weighted by atomic mass is 10.0. The predicted octanol–water partition coefficient (Wildman–Crippen LogP) is 16.1. The summed E-state index contributed by atoms with van der Waals surface area (Å²) >= 11 is 0. The summed E-state index contributed by atoms with van der Waals surface area (Å²) < 4.78 is 30.2. The molecular formula is C57H109N2O7P. The van der Waals surface area contributed by atoms with Crippen LogP contribution in [0.1, 0.15) is 265 Å². The Hall–Kier alpha value is -1.77. The van der Waals surface area contributed by atoms with Crippen molar-refractivity contribution < 1.29 is 37.3 Å². The van der Waals surface area contributed by atoms with Crippen molar-refractivity contribution in [1.82, 2.24) is 5.32 Å². The van der Waals surface area contributed by atoms with Gasteiger partial charge in [0.1, 0.15) is 19.3 Å². The smallest absolute Gasteiger partial charge is 0.306 e. The number of unbranched alkanes of at least 4 members (excludes halogenated alkanes) is 31. The Balaban J connectivity index is 5.38. The Bertz CT molecular complexity index is 1250. The molecule has 3 atom stereocenters. The molecule has 67 heavy (non-hydrogen) atoms. The first-order valence-electron chi connectivity index (χ1n) is 28.3. The number of likely N-dealkylation sites (N-methyl/N-ethyl adjacent to an activating group) is 1. The van der Waals surface area contributed by atoms with Crippen LogP contribution in [0.4, 0.5) is 0 Å². The SMILES string of the molecule is CC/C=C/C/C=C/CCCCCCCCCC(=O)NC(COP(=O)([O-])OCC[N+](C)(C)C)C(/C=C/CCCCCCCCCCCCC)OC(=O)CCCCCCCCCCCCCCCC. The average Bonchev–Trinajstić information content (AvgIpc) is 3.28. The van der Waals surface area contributed by atoms with Crippen LogP contribution in [0.2, 0.25) is 0 Å². The number of carbonyl (C=O) groups is 2. The zero-order valence-electron chi connectivity index (χ0n) is 44.9. The monoisotopic (exact) mass is 965 g/mol. The summed E-state index contributed by atoms with van der Waals surface area (Å²) in [4.78, 5) is 39.8. The van der Waals surface area contributed by atoms with Gasteiger partial charge in [0.15, 0.2) is 0 Å². The number of amides is 1. The van der Waals surface area contributed by atoms with Crippen molar-refractivity contribution in [2.75, 3.05) is 40.9 Å². The van der Waals surface area contributed by atoms with E-state index in [1.165, 1.54) is 148 Å². The zero-order chi connectivity index (χ0) is 49.4. The van der Waals surface area contributed by atoms with Gasteiger partial charge in [-0.15, -0.1) is 0 Å². The maximum atomic E-state index is 13.5. The highest BCUT2D eigenvalue weighted by atomic mass is 31.2. The predicted molar refractivity (Wildman–Crippen MR) is 284 cm³/mol. The maximum absolute atomic E-state index is 13.5. The van der Waals surface area contributed by atoms with Crippen molar-refractivity contribution in [1.29, 1.82) is 0 Å². The van der Waals surface area contributed by atoms with Gasteiger partial charge >= 0.3 is 5.97 Å². The molecule has 9 nitrogen and oxygen atoms in total. The van der Waals surface area contributed by atoms with E-state index in [4.69, 9.17) is 13.8 Å². The van der Waals surface area contributed by atoms with Gasteiger partial charge in [-0.1, -0.05) is 231 Å².